The lowest BCUT2D eigenvalue weighted by Gasteiger charge is -2.29. The van der Waals surface area contributed by atoms with Crippen LogP contribution in [-0.2, 0) is 0 Å². The van der Waals surface area contributed by atoms with Gasteiger partial charge in [0.15, 0.2) is 0 Å². The number of ether oxygens (including phenoxy) is 1. The minimum absolute atomic E-state index is 0.0187. The third-order valence-corrected chi connectivity index (χ3v) is 4.47. The molecule has 0 radical (unpaired) electrons. The Balaban J connectivity index is 2.30. The number of methoxy groups -OCH3 is 1. The number of anilines is 1. The predicted molar refractivity (Wildman–Crippen MR) is 85.4 cm³/mol. The van der Waals surface area contributed by atoms with Gasteiger partial charge in [0, 0.05) is 30.4 Å². The molecule has 2 N–H and O–H groups in total. The molecule has 112 valence electrons. The maximum atomic E-state index is 6.17. The number of hydrogen-bond acceptors (Lipinski definition) is 3. The van der Waals surface area contributed by atoms with Gasteiger partial charge in [-0.05, 0) is 36.8 Å². The fraction of sp³-hybridized carbons (Fsp3) is 0.647. The van der Waals surface area contributed by atoms with E-state index in [0.29, 0.717) is 5.41 Å². The Labute approximate surface area is 123 Å². The molecule has 0 aliphatic carbocycles. The molecule has 1 aliphatic heterocycles. The van der Waals surface area contributed by atoms with Crippen molar-refractivity contribution in [1.29, 1.82) is 0 Å². The summed E-state index contributed by atoms with van der Waals surface area (Å²) in [6.07, 6.45) is 1.25. The van der Waals surface area contributed by atoms with Gasteiger partial charge in [-0.1, -0.05) is 26.8 Å². The summed E-state index contributed by atoms with van der Waals surface area (Å²) in [5.41, 5.74) is 8.91. The Bertz CT molecular complexity index is 463. The molecule has 0 saturated carbocycles. The van der Waals surface area contributed by atoms with Crippen molar-refractivity contribution in [3.05, 3.63) is 23.8 Å². The molecule has 20 heavy (non-hydrogen) atoms. The van der Waals surface area contributed by atoms with Gasteiger partial charge in [-0.15, -0.1) is 0 Å². The highest BCUT2D eigenvalue weighted by molar-refractivity contribution is 5.61. The largest absolute Gasteiger partial charge is 0.496 e. The van der Waals surface area contributed by atoms with E-state index >= 15 is 0 Å². The molecule has 1 fully saturated rings. The van der Waals surface area contributed by atoms with Gasteiger partial charge in [0.2, 0.25) is 0 Å². The third-order valence-electron chi connectivity index (χ3n) is 4.47. The van der Waals surface area contributed by atoms with Crippen LogP contribution in [0.15, 0.2) is 18.2 Å². The van der Waals surface area contributed by atoms with E-state index in [0.717, 1.165) is 30.3 Å². The number of nitrogens with zero attached hydrogens (tertiary/aromatic N) is 1. The summed E-state index contributed by atoms with van der Waals surface area (Å²) in [6.45, 7) is 11.2. The van der Waals surface area contributed by atoms with Crippen molar-refractivity contribution in [2.45, 2.75) is 40.2 Å². The summed E-state index contributed by atoms with van der Waals surface area (Å²) >= 11 is 0. The van der Waals surface area contributed by atoms with E-state index < -0.39 is 0 Å². The highest BCUT2D eigenvalue weighted by Crippen LogP contribution is 2.39. The highest BCUT2D eigenvalue weighted by Gasteiger charge is 2.33. The first-order valence-corrected chi connectivity index (χ1v) is 7.52. The zero-order valence-corrected chi connectivity index (χ0v) is 13.4. The Morgan fingerprint density at radius 1 is 1.35 bits per heavy atom. The second-order valence-corrected chi connectivity index (χ2v) is 6.98. The van der Waals surface area contributed by atoms with Crippen LogP contribution in [0.4, 0.5) is 5.69 Å². The summed E-state index contributed by atoms with van der Waals surface area (Å²) in [6, 6.07) is 6.21. The predicted octanol–water partition coefficient (Wildman–Crippen LogP) is 3.59. The molecule has 0 spiro atoms. The Morgan fingerprint density at radius 3 is 2.55 bits per heavy atom. The van der Waals surface area contributed by atoms with Crippen LogP contribution in [0.25, 0.3) is 0 Å². The SMILES string of the molecule is COc1cccc(N2CCC(C(C)(C)C)C2)c1[C@@H](C)N. The minimum atomic E-state index is -0.0187. The second-order valence-electron chi connectivity index (χ2n) is 6.98. The lowest BCUT2D eigenvalue weighted by Crippen LogP contribution is -2.27. The van der Waals surface area contributed by atoms with Crippen molar-refractivity contribution in [3.8, 4) is 5.75 Å². The van der Waals surface area contributed by atoms with Crippen LogP contribution in [0.3, 0.4) is 0 Å². The average molecular weight is 276 g/mol. The Morgan fingerprint density at radius 2 is 2.05 bits per heavy atom. The average Bonchev–Trinajstić information content (AvgIpc) is 2.86. The van der Waals surface area contributed by atoms with Crippen molar-refractivity contribution in [2.24, 2.45) is 17.1 Å². The van der Waals surface area contributed by atoms with Gasteiger partial charge < -0.3 is 15.4 Å². The van der Waals surface area contributed by atoms with Crippen molar-refractivity contribution < 1.29 is 4.74 Å². The number of nitrogens with two attached hydrogens (primary N) is 1. The Hall–Kier alpha value is -1.22. The standard InChI is InChI=1S/C17H28N2O/c1-12(18)16-14(7-6-8-15(16)20-5)19-10-9-13(11-19)17(2,3)4/h6-8,12-13H,9-11,18H2,1-5H3/t12-,13?/m1/s1. The lowest BCUT2D eigenvalue weighted by molar-refractivity contribution is 0.263. The quantitative estimate of drug-likeness (QED) is 0.917. The van der Waals surface area contributed by atoms with E-state index in [9.17, 15) is 0 Å². The van der Waals surface area contributed by atoms with Crippen LogP contribution in [-0.4, -0.2) is 20.2 Å². The smallest absolute Gasteiger partial charge is 0.125 e. The summed E-state index contributed by atoms with van der Waals surface area (Å²) in [5, 5.41) is 0. The fourth-order valence-electron chi connectivity index (χ4n) is 3.13. The molecule has 1 aliphatic rings. The van der Waals surface area contributed by atoms with E-state index in [2.05, 4.69) is 37.8 Å². The minimum Gasteiger partial charge on any atom is -0.496 e. The van der Waals surface area contributed by atoms with Gasteiger partial charge in [-0.2, -0.15) is 0 Å². The van der Waals surface area contributed by atoms with Gasteiger partial charge >= 0.3 is 0 Å². The van der Waals surface area contributed by atoms with Crippen molar-refractivity contribution in [1.82, 2.24) is 0 Å². The van der Waals surface area contributed by atoms with Gasteiger partial charge in [0.25, 0.3) is 0 Å². The van der Waals surface area contributed by atoms with Crippen LogP contribution in [0.5, 0.6) is 5.75 Å². The molecule has 2 rings (SSSR count). The topological polar surface area (TPSA) is 38.5 Å². The lowest BCUT2D eigenvalue weighted by atomic mass is 9.80. The molecule has 0 aromatic heterocycles. The van der Waals surface area contributed by atoms with E-state index in [4.69, 9.17) is 10.5 Å². The van der Waals surface area contributed by atoms with Crippen molar-refractivity contribution in [2.75, 3.05) is 25.1 Å². The van der Waals surface area contributed by atoms with Crippen LogP contribution in [0.1, 0.15) is 45.7 Å². The van der Waals surface area contributed by atoms with E-state index in [1.807, 2.05) is 13.0 Å². The molecule has 1 aromatic rings. The molecule has 0 bridgehead atoms. The maximum absolute atomic E-state index is 6.17. The van der Waals surface area contributed by atoms with Gasteiger partial charge in [-0.3, -0.25) is 0 Å². The second kappa shape index (κ2) is 5.65. The van der Waals surface area contributed by atoms with E-state index in [1.165, 1.54) is 12.1 Å². The van der Waals surface area contributed by atoms with Crippen LogP contribution in [0, 0.1) is 11.3 Å². The van der Waals surface area contributed by atoms with Crippen molar-refractivity contribution >= 4 is 5.69 Å². The first kappa shape index (κ1) is 15.2. The molecule has 2 atom stereocenters. The van der Waals surface area contributed by atoms with Gasteiger partial charge in [-0.25, -0.2) is 0 Å². The third kappa shape index (κ3) is 2.93. The summed E-state index contributed by atoms with van der Waals surface area (Å²) in [7, 11) is 1.72. The Kier molecular flexibility index (Phi) is 4.28. The van der Waals surface area contributed by atoms with E-state index in [-0.39, 0.29) is 6.04 Å². The van der Waals surface area contributed by atoms with Gasteiger partial charge in [0.05, 0.1) is 7.11 Å². The first-order chi connectivity index (χ1) is 9.34. The normalized spacial score (nSPS) is 21.1. The summed E-state index contributed by atoms with van der Waals surface area (Å²) in [4.78, 5) is 2.47. The molecule has 1 heterocycles. The molecule has 3 heteroatoms. The number of hydrogen-bond donors (Lipinski definition) is 1. The molecule has 0 amide bonds. The summed E-state index contributed by atoms with van der Waals surface area (Å²) in [5.74, 6) is 1.63. The number of benzene rings is 1. The van der Waals surface area contributed by atoms with Crippen LogP contribution < -0.4 is 15.4 Å². The van der Waals surface area contributed by atoms with Crippen LogP contribution >= 0.6 is 0 Å². The first-order valence-electron chi connectivity index (χ1n) is 7.52. The van der Waals surface area contributed by atoms with Crippen molar-refractivity contribution in [3.63, 3.8) is 0 Å². The van der Waals surface area contributed by atoms with E-state index in [1.54, 1.807) is 7.11 Å². The number of rotatable bonds is 3. The highest BCUT2D eigenvalue weighted by atomic mass is 16.5. The fourth-order valence-corrected chi connectivity index (χ4v) is 3.13. The molecule has 1 saturated heterocycles. The monoisotopic (exact) mass is 276 g/mol. The molecular weight excluding hydrogens is 248 g/mol. The van der Waals surface area contributed by atoms with Gasteiger partial charge in [0.1, 0.15) is 5.75 Å². The summed E-state index contributed by atoms with van der Waals surface area (Å²) < 4.78 is 5.49. The molecule has 3 nitrogen and oxygen atoms in total. The maximum Gasteiger partial charge on any atom is 0.125 e. The zero-order valence-electron chi connectivity index (χ0n) is 13.4. The molecule has 1 unspecified atom stereocenters. The van der Waals surface area contributed by atoms with Crippen LogP contribution in [0.2, 0.25) is 0 Å². The molecular formula is C17H28N2O. The molecule has 1 aromatic carbocycles. The zero-order chi connectivity index (χ0) is 14.9.